The Kier molecular flexibility index (Phi) is 6.18. The van der Waals surface area contributed by atoms with Crippen molar-refractivity contribution in [1.29, 1.82) is 0 Å². The number of nitrogens with two attached hydrogens (primary N) is 1. The molecule has 1 saturated carbocycles. The Labute approximate surface area is 61.5 Å². The van der Waals surface area contributed by atoms with Crippen LogP contribution in [0.15, 0.2) is 0 Å². The van der Waals surface area contributed by atoms with Gasteiger partial charge in [0, 0.05) is 0 Å². The van der Waals surface area contributed by atoms with Crippen molar-refractivity contribution in [2.75, 3.05) is 13.7 Å². The first-order chi connectivity index (χ1) is 4.85. The predicted octanol–water partition coefficient (Wildman–Crippen LogP) is 0.534. The van der Waals surface area contributed by atoms with Crippen molar-refractivity contribution in [3.8, 4) is 0 Å². The maximum absolute atomic E-state index is 8.95. The van der Waals surface area contributed by atoms with Crippen molar-refractivity contribution in [2.45, 2.75) is 19.3 Å². The Balaban J connectivity index is 0.000000180. The molecule has 0 saturated heterocycles. The number of hydrogen-bond acceptors (Lipinski definition) is 3. The maximum atomic E-state index is 8.95. The van der Waals surface area contributed by atoms with Gasteiger partial charge < -0.3 is 10.5 Å². The van der Waals surface area contributed by atoms with Crippen LogP contribution in [-0.2, 0) is 9.53 Å². The molecule has 0 heterocycles. The van der Waals surface area contributed by atoms with Crippen molar-refractivity contribution < 1.29 is 9.53 Å². The van der Waals surface area contributed by atoms with Crippen LogP contribution in [0.3, 0.4) is 0 Å². The fourth-order valence-corrected chi connectivity index (χ4v) is 0.729. The summed E-state index contributed by atoms with van der Waals surface area (Å²) < 4.78 is 3.86. The average Bonchev–Trinajstić information content (AvgIpc) is 1.87. The molecule has 1 aliphatic rings. The Hall–Kier alpha value is -0.570. The minimum atomic E-state index is 0.375. The Morgan fingerprint density at radius 3 is 2.20 bits per heavy atom. The van der Waals surface area contributed by atoms with Gasteiger partial charge in [0.1, 0.15) is 0 Å². The molecular weight excluding hydrogens is 130 g/mol. The third-order valence-corrected chi connectivity index (χ3v) is 1.65. The molecule has 0 aromatic carbocycles. The first-order valence-electron chi connectivity index (χ1n) is 3.51. The summed E-state index contributed by atoms with van der Waals surface area (Å²) in [7, 11) is 1.31. The highest BCUT2D eigenvalue weighted by Gasteiger charge is 2.13. The molecule has 0 spiro atoms. The molecule has 1 rings (SSSR count). The molecule has 0 amide bonds. The molecule has 1 aliphatic carbocycles. The van der Waals surface area contributed by atoms with Crippen LogP contribution in [0.1, 0.15) is 19.3 Å². The molecule has 60 valence electrons. The SMILES string of the molecule is COC=O.NCC1CCC1. The van der Waals surface area contributed by atoms with E-state index in [0.29, 0.717) is 6.47 Å². The van der Waals surface area contributed by atoms with Gasteiger partial charge in [0.05, 0.1) is 7.11 Å². The second-order valence-corrected chi connectivity index (χ2v) is 2.36. The van der Waals surface area contributed by atoms with Gasteiger partial charge in [-0.05, 0) is 25.3 Å². The monoisotopic (exact) mass is 145 g/mol. The van der Waals surface area contributed by atoms with Crippen LogP contribution >= 0.6 is 0 Å². The van der Waals surface area contributed by atoms with Gasteiger partial charge in [0.15, 0.2) is 0 Å². The highest BCUT2D eigenvalue weighted by Crippen LogP contribution is 2.24. The van der Waals surface area contributed by atoms with Crippen LogP contribution in [0.25, 0.3) is 0 Å². The van der Waals surface area contributed by atoms with Crippen molar-refractivity contribution in [3.63, 3.8) is 0 Å². The number of carbonyl (C=O) groups is 1. The molecule has 0 radical (unpaired) electrons. The molecule has 0 bridgehead atoms. The Morgan fingerprint density at radius 2 is 2.20 bits per heavy atom. The molecule has 2 N–H and O–H groups in total. The summed E-state index contributed by atoms with van der Waals surface area (Å²) in [5, 5.41) is 0. The van der Waals surface area contributed by atoms with Gasteiger partial charge in [-0.25, -0.2) is 0 Å². The van der Waals surface area contributed by atoms with E-state index in [0.717, 1.165) is 12.5 Å². The van der Waals surface area contributed by atoms with E-state index >= 15 is 0 Å². The van der Waals surface area contributed by atoms with Crippen LogP contribution in [0.2, 0.25) is 0 Å². The first-order valence-corrected chi connectivity index (χ1v) is 3.51. The largest absolute Gasteiger partial charge is 0.471 e. The van der Waals surface area contributed by atoms with Crippen LogP contribution in [0, 0.1) is 5.92 Å². The fraction of sp³-hybridized carbons (Fsp3) is 0.857. The summed E-state index contributed by atoms with van der Waals surface area (Å²) in [5.41, 5.74) is 5.33. The normalized spacial score (nSPS) is 16.2. The van der Waals surface area contributed by atoms with Gasteiger partial charge in [-0.15, -0.1) is 0 Å². The van der Waals surface area contributed by atoms with E-state index in [1.807, 2.05) is 0 Å². The van der Waals surface area contributed by atoms with Gasteiger partial charge >= 0.3 is 0 Å². The van der Waals surface area contributed by atoms with Gasteiger partial charge in [-0.1, -0.05) is 6.42 Å². The zero-order valence-corrected chi connectivity index (χ0v) is 6.38. The molecule has 10 heavy (non-hydrogen) atoms. The lowest BCUT2D eigenvalue weighted by molar-refractivity contribution is -0.126. The van der Waals surface area contributed by atoms with Gasteiger partial charge in [-0.2, -0.15) is 0 Å². The van der Waals surface area contributed by atoms with Crippen molar-refractivity contribution >= 4 is 6.47 Å². The summed E-state index contributed by atoms with van der Waals surface area (Å²) in [4.78, 5) is 8.95. The van der Waals surface area contributed by atoms with Crippen molar-refractivity contribution in [1.82, 2.24) is 0 Å². The second kappa shape index (κ2) is 6.55. The fourth-order valence-electron chi connectivity index (χ4n) is 0.729. The van der Waals surface area contributed by atoms with Gasteiger partial charge in [-0.3, -0.25) is 4.79 Å². The van der Waals surface area contributed by atoms with E-state index < -0.39 is 0 Å². The molecular formula is C7H15NO2. The quantitative estimate of drug-likeness (QED) is 0.577. The van der Waals surface area contributed by atoms with E-state index in [9.17, 15) is 0 Å². The van der Waals surface area contributed by atoms with Crippen molar-refractivity contribution in [3.05, 3.63) is 0 Å². The van der Waals surface area contributed by atoms with E-state index in [2.05, 4.69) is 4.74 Å². The van der Waals surface area contributed by atoms with Crippen molar-refractivity contribution in [2.24, 2.45) is 11.7 Å². The molecule has 0 atom stereocenters. The Morgan fingerprint density at radius 1 is 1.70 bits per heavy atom. The van der Waals surface area contributed by atoms with E-state index in [-0.39, 0.29) is 0 Å². The zero-order valence-electron chi connectivity index (χ0n) is 6.38. The summed E-state index contributed by atoms with van der Waals surface area (Å²) in [5.74, 6) is 0.894. The number of hydrogen-bond donors (Lipinski definition) is 1. The topological polar surface area (TPSA) is 52.3 Å². The predicted molar refractivity (Wildman–Crippen MR) is 39.5 cm³/mol. The minimum absolute atomic E-state index is 0.375. The molecule has 0 aromatic heterocycles. The van der Waals surface area contributed by atoms with Crippen LogP contribution < -0.4 is 5.73 Å². The summed E-state index contributed by atoms with van der Waals surface area (Å²) >= 11 is 0. The van der Waals surface area contributed by atoms with Crippen LogP contribution in [0.4, 0.5) is 0 Å². The molecule has 1 fully saturated rings. The zero-order chi connectivity index (χ0) is 7.82. The Bertz CT molecular complexity index is 78.9. The van der Waals surface area contributed by atoms with Crippen LogP contribution in [0.5, 0.6) is 0 Å². The highest BCUT2D eigenvalue weighted by atomic mass is 16.5. The van der Waals surface area contributed by atoms with Crippen LogP contribution in [-0.4, -0.2) is 20.1 Å². The summed E-state index contributed by atoms with van der Waals surface area (Å²) in [6.45, 7) is 1.29. The maximum Gasteiger partial charge on any atom is 0.292 e. The summed E-state index contributed by atoms with van der Waals surface area (Å²) in [6, 6.07) is 0. The number of rotatable bonds is 2. The van der Waals surface area contributed by atoms with Gasteiger partial charge in [0.2, 0.25) is 0 Å². The smallest absolute Gasteiger partial charge is 0.292 e. The molecule has 0 aliphatic heterocycles. The number of ether oxygens (including phenoxy) is 1. The molecule has 3 heteroatoms. The van der Waals surface area contributed by atoms with E-state index in [1.54, 1.807) is 0 Å². The van der Waals surface area contributed by atoms with E-state index in [1.165, 1.54) is 26.4 Å². The summed E-state index contributed by atoms with van der Waals surface area (Å²) in [6.07, 6.45) is 4.19. The number of carbonyl (C=O) groups excluding carboxylic acids is 1. The lowest BCUT2D eigenvalue weighted by Gasteiger charge is -2.22. The first kappa shape index (κ1) is 9.43. The third kappa shape index (κ3) is 4.32. The van der Waals surface area contributed by atoms with Gasteiger partial charge in [0.25, 0.3) is 6.47 Å². The standard InChI is InChI=1S/C5H11N.C2H4O2/c6-4-5-2-1-3-5;1-4-2-3/h5H,1-4,6H2;2H,1H3. The molecule has 3 nitrogen and oxygen atoms in total. The average molecular weight is 145 g/mol. The second-order valence-electron chi connectivity index (χ2n) is 2.36. The molecule has 0 aromatic rings. The minimum Gasteiger partial charge on any atom is -0.471 e. The highest BCUT2D eigenvalue weighted by molar-refractivity contribution is 5.36. The number of methoxy groups -OCH3 is 1. The van der Waals surface area contributed by atoms with E-state index in [4.69, 9.17) is 10.5 Å². The lowest BCUT2D eigenvalue weighted by Crippen LogP contribution is -2.20. The lowest BCUT2D eigenvalue weighted by atomic mass is 9.86. The molecule has 0 unspecified atom stereocenters. The third-order valence-electron chi connectivity index (χ3n) is 1.65.